The number of hydrogen-bond donors (Lipinski definition) is 2. The van der Waals surface area contributed by atoms with Crippen molar-refractivity contribution < 1.29 is 0 Å². The predicted octanol–water partition coefficient (Wildman–Crippen LogP) is 1.68. The smallest absolute Gasteiger partial charge is 0.156 e. The zero-order valence-corrected chi connectivity index (χ0v) is 10.1. The van der Waals surface area contributed by atoms with Gasteiger partial charge in [-0.05, 0) is 32.0 Å². The highest BCUT2D eigenvalue weighted by atomic mass is 15.1. The summed E-state index contributed by atoms with van der Waals surface area (Å²) in [5.41, 5.74) is 4.31. The van der Waals surface area contributed by atoms with E-state index >= 15 is 0 Å². The molecule has 0 radical (unpaired) electrons. The number of imidazole rings is 1. The number of rotatable bonds is 1. The molecule has 1 fully saturated rings. The summed E-state index contributed by atoms with van der Waals surface area (Å²) in [6, 6.07) is 2.07. The Morgan fingerprint density at radius 2 is 2.06 bits per heavy atom. The number of nitrogens with zero attached hydrogens (tertiary/aromatic N) is 3. The average molecular weight is 241 g/mol. The van der Waals surface area contributed by atoms with E-state index in [0.717, 1.165) is 29.9 Å². The van der Waals surface area contributed by atoms with Crippen LogP contribution in [-0.2, 0) is 0 Å². The first-order valence-corrected chi connectivity index (χ1v) is 6.43. The highest BCUT2D eigenvalue weighted by Crippen LogP contribution is 2.27. The van der Waals surface area contributed by atoms with Crippen LogP contribution in [0.4, 0.5) is 0 Å². The Kier molecular flexibility index (Phi) is 2.14. The summed E-state index contributed by atoms with van der Waals surface area (Å²) in [7, 11) is 0. The van der Waals surface area contributed by atoms with Crippen molar-refractivity contribution in [3.63, 3.8) is 0 Å². The van der Waals surface area contributed by atoms with E-state index in [1.807, 2.05) is 18.6 Å². The number of piperidine rings is 1. The van der Waals surface area contributed by atoms with Gasteiger partial charge in [0.2, 0.25) is 0 Å². The molecule has 92 valence electrons. The zero-order chi connectivity index (χ0) is 11.9. The minimum Gasteiger partial charge on any atom is -0.345 e. The van der Waals surface area contributed by atoms with Gasteiger partial charge in [0, 0.05) is 24.0 Å². The second kappa shape index (κ2) is 3.81. The molecule has 4 rings (SSSR count). The Labute approximate surface area is 104 Å². The van der Waals surface area contributed by atoms with Crippen molar-refractivity contribution in [1.82, 2.24) is 24.7 Å². The summed E-state index contributed by atoms with van der Waals surface area (Å²) in [5, 5.41) is 3.41. The summed E-state index contributed by atoms with van der Waals surface area (Å²) in [6.45, 7) is 2.19. The van der Waals surface area contributed by atoms with Crippen LogP contribution in [0, 0.1) is 0 Å². The van der Waals surface area contributed by atoms with Gasteiger partial charge in [0.05, 0.1) is 11.7 Å². The maximum Gasteiger partial charge on any atom is 0.156 e. The Balaban J connectivity index is 1.96. The topological polar surface area (TPSA) is 58.0 Å². The first-order chi connectivity index (χ1) is 8.93. The third-order valence-electron chi connectivity index (χ3n) is 3.83. The van der Waals surface area contributed by atoms with Crippen molar-refractivity contribution in [2.75, 3.05) is 13.1 Å². The summed E-state index contributed by atoms with van der Waals surface area (Å²) in [4.78, 5) is 12.0. The molecule has 0 aromatic carbocycles. The largest absolute Gasteiger partial charge is 0.345 e. The SMILES string of the molecule is c1cc2c(ncc3ncc(C4CCNCC4)n32)[nH]1. The minimum atomic E-state index is 0.599. The molecule has 0 aliphatic carbocycles. The molecular weight excluding hydrogens is 226 g/mol. The molecule has 5 heteroatoms. The fourth-order valence-electron chi connectivity index (χ4n) is 2.90. The van der Waals surface area contributed by atoms with Crippen molar-refractivity contribution in [2.45, 2.75) is 18.8 Å². The molecule has 4 heterocycles. The lowest BCUT2D eigenvalue weighted by atomic mass is 9.95. The van der Waals surface area contributed by atoms with Gasteiger partial charge in [0.15, 0.2) is 11.3 Å². The Morgan fingerprint density at radius 3 is 2.94 bits per heavy atom. The van der Waals surface area contributed by atoms with Crippen LogP contribution in [0.2, 0.25) is 0 Å². The Morgan fingerprint density at radius 1 is 1.17 bits per heavy atom. The van der Waals surface area contributed by atoms with Crippen molar-refractivity contribution in [2.24, 2.45) is 0 Å². The molecule has 0 saturated carbocycles. The molecule has 1 aliphatic rings. The van der Waals surface area contributed by atoms with Crippen LogP contribution in [0.3, 0.4) is 0 Å². The summed E-state index contributed by atoms with van der Waals surface area (Å²) >= 11 is 0. The molecule has 3 aromatic heterocycles. The predicted molar refractivity (Wildman–Crippen MR) is 69.7 cm³/mol. The van der Waals surface area contributed by atoms with E-state index in [0.29, 0.717) is 5.92 Å². The molecule has 1 aliphatic heterocycles. The van der Waals surface area contributed by atoms with E-state index in [9.17, 15) is 0 Å². The third-order valence-corrected chi connectivity index (χ3v) is 3.83. The van der Waals surface area contributed by atoms with Gasteiger partial charge in [-0.2, -0.15) is 0 Å². The highest BCUT2D eigenvalue weighted by molar-refractivity contribution is 5.74. The fourth-order valence-corrected chi connectivity index (χ4v) is 2.90. The summed E-state index contributed by atoms with van der Waals surface area (Å²) in [5.74, 6) is 0.599. The molecule has 0 amide bonds. The van der Waals surface area contributed by atoms with Crippen LogP contribution < -0.4 is 5.32 Å². The second-order valence-corrected chi connectivity index (χ2v) is 4.87. The van der Waals surface area contributed by atoms with Crippen LogP contribution in [0.5, 0.6) is 0 Å². The van der Waals surface area contributed by atoms with Gasteiger partial charge in [-0.25, -0.2) is 9.97 Å². The van der Waals surface area contributed by atoms with Crippen molar-refractivity contribution in [3.8, 4) is 0 Å². The van der Waals surface area contributed by atoms with Gasteiger partial charge in [-0.15, -0.1) is 0 Å². The lowest BCUT2D eigenvalue weighted by Gasteiger charge is -2.22. The second-order valence-electron chi connectivity index (χ2n) is 4.87. The average Bonchev–Trinajstić information content (AvgIpc) is 3.05. The van der Waals surface area contributed by atoms with Gasteiger partial charge in [0.25, 0.3) is 0 Å². The van der Waals surface area contributed by atoms with Crippen molar-refractivity contribution in [3.05, 3.63) is 30.4 Å². The van der Waals surface area contributed by atoms with E-state index in [4.69, 9.17) is 0 Å². The number of aromatic amines is 1. The molecule has 5 nitrogen and oxygen atoms in total. The highest BCUT2D eigenvalue weighted by Gasteiger charge is 2.20. The maximum absolute atomic E-state index is 4.49. The summed E-state index contributed by atoms with van der Waals surface area (Å²) in [6.07, 6.45) is 8.15. The van der Waals surface area contributed by atoms with Crippen LogP contribution in [0.25, 0.3) is 16.8 Å². The minimum absolute atomic E-state index is 0.599. The molecule has 0 unspecified atom stereocenters. The number of fused-ring (bicyclic) bond motifs is 3. The number of H-pyrrole nitrogens is 1. The molecule has 2 N–H and O–H groups in total. The van der Waals surface area contributed by atoms with Crippen LogP contribution >= 0.6 is 0 Å². The monoisotopic (exact) mass is 241 g/mol. The van der Waals surface area contributed by atoms with Crippen molar-refractivity contribution >= 4 is 16.8 Å². The molecule has 3 aromatic rings. The first kappa shape index (κ1) is 10.1. The van der Waals surface area contributed by atoms with E-state index in [2.05, 4.69) is 30.7 Å². The van der Waals surface area contributed by atoms with Crippen LogP contribution in [0.1, 0.15) is 24.5 Å². The van der Waals surface area contributed by atoms with Crippen LogP contribution in [-0.4, -0.2) is 32.4 Å². The van der Waals surface area contributed by atoms with Gasteiger partial charge in [0.1, 0.15) is 0 Å². The normalized spacial score (nSPS) is 17.8. The van der Waals surface area contributed by atoms with Gasteiger partial charge < -0.3 is 10.3 Å². The first-order valence-electron chi connectivity index (χ1n) is 6.43. The quantitative estimate of drug-likeness (QED) is 0.681. The zero-order valence-electron chi connectivity index (χ0n) is 10.1. The Bertz CT molecular complexity index is 690. The van der Waals surface area contributed by atoms with E-state index < -0.39 is 0 Å². The van der Waals surface area contributed by atoms with Gasteiger partial charge in [-0.1, -0.05) is 0 Å². The van der Waals surface area contributed by atoms with Crippen LogP contribution in [0.15, 0.2) is 24.7 Å². The molecule has 0 bridgehead atoms. The Hall–Kier alpha value is -1.88. The number of hydrogen-bond acceptors (Lipinski definition) is 3. The van der Waals surface area contributed by atoms with Gasteiger partial charge in [-0.3, -0.25) is 4.40 Å². The van der Waals surface area contributed by atoms with E-state index in [1.54, 1.807) is 0 Å². The molecule has 0 spiro atoms. The van der Waals surface area contributed by atoms with E-state index in [1.165, 1.54) is 18.5 Å². The summed E-state index contributed by atoms with van der Waals surface area (Å²) < 4.78 is 2.24. The number of aromatic nitrogens is 4. The third kappa shape index (κ3) is 1.37. The maximum atomic E-state index is 4.49. The van der Waals surface area contributed by atoms with E-state index in [-0.39, 0.29) is 0 Å². The lowest BCUT2D eigenvalue weighted by molar-refractivity contribution is 0.452. The van der Waals surface area contributed by atoms with Gasteiger partial charge >= 0.3 is 0 Å². The standard InChI is InChI=1S/C13H15N5/c1-4-14-5-2-9(1)11-7-16-12-8-17-13-10(18(11)12)3-6-15-13/h3,6-9,14-15H,1-2,4-5H2. The molecule has 0 atom stereocenters. The molecule has 1 saturated heterocycles. The number of nitrogens with one attached hydrogen (secondary N) is 2. The molecular formula is C13H15N5. The van der Waals surface area contributed by atoms with Crippen molar-refractivity contribution in [1.29, 1.82) is 0 Å². The lowest BCUT2D eigenvalue weighted by Crippen LogP contribution is -2.27. The molecule has 18 heavy (non-hydrogen) atoms. The fraction of sp³-hybridized carbons (Fsp3) is 0.385.